The summed E-state index contributed by atoms with van der Waals surface area (Å²) in [5.74, 6) is 1.08. The molecular formula is C12H17NO2S. The predicted molar refractivity (Wildman–Crippen MR) is 65.8 cm³/mol. The zero-order valence-corrected chi connectivity index (χ0v) is 10.3. The highest BCUT2D eigenvalue weighted by Crippen LogP contribution is 2.22. The number of aryl methyl sites for hydroxylation is 1. The van der Waals surface area contributed by atoms with Gasteiger partial charge in [0.15, 0.2) is 0 Å². The molecule has 0 saturated carbocycles. The molecule has 4 heteroatoms. The van der Waals surface area contributed by atoms with E-state index in [2.05, 4.69) is 0 Å². The third-order valence-corrected chi connectivity index (χ3v) is 4.46. The Balaban J connectivity index is 2.08. The lowest BCUT2D eigenvalue weighted by Gasteiger charge is -2.09. The number of nitrogens with two attached hydrogens (primary N) is 1. The Morgan fingerprint density at radius 1 is 1.56 bits per heavy atom. The van der Waals surface area contributed by atoms with Crippen molar-refractivity contribution in [1.82, 2.24) is 0 Å². The van der Waals surface area contributed by atoms with Gasteiger partial charge in [-0.05, 0) is 37.0 Å². The summed E-state index contributed by atoms with van der Waals surface area (Å²) in [6.07, 6.45) is 1.01. The second-order valence-electron chi connectivity index (χ2n) is 4.28. The van der Waals surface area contributed by atoms with Crippen molar-refractivity contribution in [3.8, 4) is 0 Å². The molecule has 0 aromatic heterocycles. The maximum Gasteiger partial charge on any atom is 0.0617 e. The van der Waals surface area contributed by atoms with Crippen LogP contribution in [0.5, 0.6) is 0 Å². The Hall–Kier alpha value is -0.870. The van der Waals surface area contributed by atoms with Crippen molar-refractivity contribution in [2.45, 2.75) is 18.2 Å². The molecule has 16 heavy (non-hydrogen) atoms. The van der Waals surface area contributed by atoms with E-state index in [4.69, 9.17) is 10.5 Å². The maximum absolute atomic E-state index is 12.1. The molecule has 3 nitrogen and oxygen atoms in total. The van der Waals surface area contributed by atoms with E-state index >= 15 is 0 Å². The van der Waals surface area contributed by atoms with Gasteiger partial charge >= 0.3 is 0 Å². The molecule has 0 bridgehead atoms. The monoisotopic (exact) mass is 239 g/mol. The van der Waals surface area contributed by atoms with E-state index in [0.29, 0.717) is 17.4 Å². The molecule has 0 spiro atoms. The molecule has 1 aliphatic heterocycles. The summed E-state index contributed by atoms with van der Waals surface area (Å²) >= 11 is 0. The number of hydrogen-bond donors (Lipinski definition) is 1. The SMILES string of the molecule is Cc1ccc(S(=O)CC2CCOC2)c(N)c1. The number of benzene rings is 1. The fraction of sp³-hybridized carbons (Fsp3) is 0.500. The smallest absolute Gasteiger partial charge is 0.0617 e. The van der Waals surface area contributed by atoms with Gasteiger partial charge < -0.3 is 10.5 Å². The van der Waals surface area contributed by atoms with Crippen LogP contribution in [0.3, 0.4) is 0 Å². The first-order valence-corrected chi connectivity index (χ1v) is 6.81. The molecule has 1 saturated heterocycles. The Morgan fingerprint density at radius 2 is 2.38 bits per heavy atom. The summed E-state index contributed by atoms with van der Waals surface area (Å²) in [6, 6.07) is 5.70. The molecular weight excluding hydrogens is 222 g/mol. The lowest BCUT2D eigenvalue weighted by Crippen LogP contribution is -2.12. The molecule has 88 valence electrons. The molecule has 2 rings (SSSR count). The van der Waals surface area contributed by atoms with Gasteiger partial charge in [-0.2, -0.15) is 0 Å². The summed E-state index contributed by atoms with van der Waals surface area (Å²) in [5.41, 5.74) is 7.61. The maximum atomic E-state index is 12.1. The molecule has 1 aliphatic rings. The van der Waals surface area contributed by atoms with Gasteiger partial charge in [-0.15, -0.1) is 0 Å². The van der Waals surface area contributed by atoms with E-state index < -0.39 is 10.8 Å². The summed E-state index contributed by atoms with van der Waals surface area (Å²) in [4.78, 5) is 0.762. The second-order valence-corrected chi connectivity index (χ2v) is 5.75. The number of rotatable bonds is 3. The molecule has 0 radical (unpaired) electrons. The van der Waals surface area contributed by atoms with Gasteiger partial charge in [0.1, 0.15) is 0 Å². The van der Waals surface area contributed by atoms with Crippen LogP contribution < -0.4 is 5.73 Å². The highest BCUT2D eigenvalue weighted by Gasteiger charge is 2.20. The minimum Gasteiger partial charge on any atom is -0.398 e. The van der Waals surface area contributed by atoms with E-state index in [1.807, 2.05) is 25.1 Å². The Labute approximate surface area is 98.4 Å². The van der Waals surface area contributed by atoms with Crippen LogP contribution in [0.2, 0.25) is 0 Å². The van der Waals surface area contributed by atoms with Crippen LogP contribution >= 0.6 is 0 Å². The number of ether oxygens (including phenoxy) is 1. The fourth-order valence-electron chi connectivity index (χ4n) is 1.89. The van der Waals surface area contributed by atoms with Crippen LogP contribution in [-0.4, -0.2) is 23.2 Å². The molecule has 0 amide bonds. The molecule has 1 aromatic rings. The van der Waals surface area contributed by atoms with Crippen molar-refractivity contribution in [2.75, 3.05) is 24.7 Å². The van der Waals surface area contributed by atoms with Gasteiger partial charge in [0.25, 0.3) is 0 Å². The number of anilines is 1. The number of nitrogen functional groups attached to an aromatic ring is 1. The molecule has 1 fully saturated rings. The fourth-order valence-corrected chi connectivity index (χ4v) is 3.31. The van der Waals surface area contributed by atoms with Crippen LogP contribution in [0.1, 0.15) is 12.0 Å². The molecule has 1 aromatic carbocycles. The molecule has 2 N–H and O–H groups in total. The largest absolute Gasteiger partial charge is 0.398 e. The summed E-state index contributed by atoms with van der Waals surface area (Å²) in [5, 5.41) is 0. The normalized spacial score (nSPS) is 22.2. The van der Waals surface area contributed by atoms with Crippen molar-refractivity contribution >= 4 is 16.5 Å². The van der Waals surface area contributed by atoms with Gasteiger partial charge in [0.05, 0.1) is 22.3 Å². The lowest BCUT2D eigenvalue weighted by atomic mass is 10.2. The predicted octanol–water partition coefficient (Wildman–Crippen LogP) is 1.72. The van der Waals surface area contributed by atoms with Crippen molar-refractivity contribution in [3.05, 3.63) is 23.8 Å². The average Bonchev–Trinajstić information content (AvgIpc) is 2.70. The minimum absolute atomic E-state index is 0.418. The van der Waals surface area contributed by atoms with E-state index in [1.165, 1.54) is 0 Å². The van der Waals surface area contributed by atoms with E-state index in [-0.39, 0.29) is 0 Å². The summed E-state index contributed by atoms with van der Waals surface area (Å²) in [7, 11) is -0.998. The standard InChI is InChI=1S/C12H17NO2S/c1-9-2-3-12(11(13)6-9)16(14)8-10-4-5-15-7-10/h2-3,6,10H,4-5,7-8,13H2,1H3. The third-order valence-electron chi connectivity index (χ3n) is 2.82. The Bertz CT molecular complexity index is 400. The zero-order chi connectivity index (χ0) is 11.5. The quantitative estimate of drug-likeness (QED) is 0.817. The van der Waals surface area contributed by atoms with Crippen molar-refractivity contribution in [2.24, 2.45) is 5.92 Å². The van der Waals surface area contributed by atoms with Gasteiger partial charge in [-0.25, -0.2) is 0 Å². The molecule has 0 aliphatic carbocycles. The van der Waals surface area contributed by atoms with Gasteiger partial charge in [0, 0.05) is 18.0 Å². The Morgan fingerprint density at radius 3 is 3.00 bits per heavy atom. The van der Waals surface area contributed by atoms with Crippen LogP contribution in [0.4, 0.5) is 5.69 Å². The molecule has 2 atom stereocenters. The van der Waals surface area contributed by atoms with Crippen LogP contribution in [0.15, 0.2) is 23.1 Å². The number of hydrogen-bond acceptors (Lipinski definition) is 3. The summed E-state index contributed by atoms with van der Waals surface area (Å²) in [6.45, 7) is 3.51. The first-order chi connectivity index (χ1) is 7.66. The van der Waals surface area contributed by atoms with Gasteiger partial charge in [0.2, 0.25) is 0 Å². The highest BCUT2D eigenvalue weighted by atomic mass is 32.2. The Kier molecular flexibility index (Phi) is 3.61. The van der Waals surface area contributed by atoms with Crippen molar-refractivity contribution in [3.63, 3.8) is 0 Å². The summed E-state index contributed by atoms with van der Waals surface area (Å²) < 4.78 is 17.4. The first kappa shape index (κ1) is 11.6. The second kappa shape index (κ2) is 4.97. The van der Waals surface area contributed by atoms with E-state index in [0.717, 1.165) is 30.1 Å². The minimum atomic E-state index is -0.998. The average molecular weight is 239 g/mol. The zero-order valence-electron chi connectivity index (χ0n) is 9.44. The molecule has 2 unspecified atom stereocenters. The highest BCUT2D eigenvalue weighted by molar-refractivity contribution is 7.85. The first-order valence-electron chi connectivity index (χ1n) is 5.49. The van der Waals surface area contributed by atoms with Crippen LogP contribution in [0.25, 0.3) is 0 Å². The van der Waals surface area contributed by atoms with Gasteiger partial charge in [-0.1, -0.05) is 6.07 Å². The van der Waals surface area contributed by atoms with E-state index in [1.54, 1.807) is 0 Å². The topological polar surface area (TPSA) is 52.3 Å². The molecule has 1 heterocycles. The lowest BCUT2D eigenvalue weighted by molar-refractivity contribution is 0.189. The third kappa shape index (κ3) is 2.62. The van der Waals surface area contributed by atoms with Crippen molar-refractivity contribution < 1.29 is 8.95 Å². The van der Waals surface area contributed by atoms with Gasteiger partial charge in [-0.3, -0.25) is 4.21 Å². The van der Waals surface area contributed by atoms with Crippen molar-refractivity contribution in [1.29, 1.82) is 0 Å². The van der Waals surface area contributed by atoms with Crippen LogP contribution in [0, 0.1) is 12.8 Å². The van der Waals surface area contributed by atoms with E-state index in [9.17, 15) is 4.21 Å². The van der Waals surface area contributed by atoms with Crippen LogP contribution in [-0.2, 0) is 15.5 Å².